The van der Waals surface area contributed by atoms with Crippen LogP contribution in [-0.4, -0.2) is 57.3 Å². The lowest BCUT2D eigenvalue weighted by atomic mass is 10.00. The molecule has 1 fully saturated rings. The fourth-order valence-electron chi connectivity index (χ4n) is 3.66. The number of likely N-dealkylation sites (N-methyl/N-ethyl adjacent to an activating group) is 1. The summed E-state index contributed by atoms with van der Waals surface area (Å²) in [5, 5.41) is 3.24. The molecule has 28 heavy (non-hydrogen) atoms. The normalized spacial score (nSPS) is 23.1. The zero-order valence-electron chi connectivity index (χ0n) is 16.5. The van der Waals surface area contributed by atoms with Crippen LogP contribution in [0.4, 0.5) is 0 Å². The van der Waals surface area contributed by atoms with Crippen molar-refractivity contribution in [2.75, 3.05) is 20.1 Å². The number of amides is 1. The molecule has 0 bridgehead atoms. The van der Waals surface area contributed by atoms with Crippen molar-refractivity contribution in [2.45, 2.75) is 50.1 Å². The molecule has 1 aromatic rings. The number of likely N-dealkylation sites (tertiary alicyclic amines) is 1. The molecule has 0 radical (unpaired) electrons. The maximum atomic E-state index is 13.2. The Labute approximate surface area is 173 Å². The van der Waals surface area contributed by atoms with E-state index in [1.165, 1.54) is 0 Å². The summed E-state index contributed by atoms with van der Waals surface area (Å²) in [6.07, 6.45) is 2.58. The van der Waals surface area contributed by atoms with E-state index in [1.807, 2.05) is 25.8 Å². The van der Waals surface area contributed by atoms with Gasteiger partial charge in [0.05, 0.1) is 4.90 Å². The van der Waals surface area contributed by atoms with E-state index in [0.29, 0.717) is 24.6 Å². The first kappa shape index (κ1) is 22.6. The molecule has 0 spiro atoms. The van der Waals surface area contributed by atoms with Crippen molar-refractivity contribution in [1.82, 2.24) is 14.9 Å². The quantitative estimate of drug-likeness (QED) is 0.747. The van der Waals surface area contributed by atoms with Crippen LogP contribution >= 0.6 is 12.4 Å². The number of rotatable bonds is 5. The van der Waals surface area contributed by atoms with Gasteiger partial charge in [-0.2, -0.15) is 0 Å². The number of nitrogens with zero attached hydrogens (tertiary/aromatic N) is 2. The average molecular weight is 429 g/mol. The van der Waals surface area contributed by atoms with E-state index in [1.54, 1.807) is 24.3 Å². The van der Waals surface area contributed by atoms with Gasteiger partial charge in [0.2, 0.25) is 5.91 Å². The van der Waals surface area contributed by atoms with Crippen LogP contribution in [0.25, 0.3) is 0 Å². The Morgan fingerprint density at radius 1 is 1.36 bits per heavy atom. The third-order valence-electron chi connectivity index (χ3n) is 5.07. The molecule has 0 aromatic heterocycles. The predicted octanol–water partition coefficient (Wildman–Crippen LogP) is 1.77. The van der Waals surface area contributed by atoms with Crippen molar-refractivity contribution < 1.29 is 13.2 Å². The van der Waals surface area contributed by atoms with E-state index in [9.17, 15) is 13.2 Å². The Morgan fingerprint density at radius 3 is 2.75 bits per heavy atom. The van der Waals surface area contributed by atoms with Crippen LogP contribution in [0.15, 0.2) is 34.2 Å². The number of aliphatic imine (C=N–C) groups is 1. The molecule has 7 nitrogen and oxygen atoms in total. The molecule has 1 aromatic carbocycles. The number of hydrogen-bond acceptors (Lipinski definition) is 5. The van der Waals surface area contributed by atoms with E-state index in [-0.39, 0.29) is 35.0 Å². The highest BCUT2D eigenvalue weighted by molar-refractivity contribution is 7.90. The van der Waals surface area contributed by atoms with E-state index >= 15 is 0 Å². The van der Waals surface area contributed by atoms with Crippen LogP contribution in [0.5, 0.6) is 0 Å². The SMILES string of the molecule is CNC1CCCN(C(=O)C(CC(C)C)N=C2NS(=O)(=O)c3ccccc32)C1.Cl. The molecule has 2 unspecified atom stereocenters. The Hall–Kier alpha value is -1.64. The van der Waals surface area contributed by atoms with Gasteiger partial charge in [-0.15, -0.1) is 12.4 Å². The Bertz CT molecular complexity index is 841. The molecule has 9 heteroatoms. The lowest BCUT2D eigenvalue weighted by Gasteiger charge is -2.34. The Balaban J connectivity index is 0.00000280. The monoisotopic (exact) mass is 428 g/mol. The van der Waals surface area contributed by atoms with Crippen molar-refractivity contribution in [1.29, 1.82) is 0 Å². The predicted molar refractivity (Wildman–Crippen MR) is 112 cm³/mol. The van der Waals surface area contributed by atoms with E-state index < -0.39 is 16.1 Å². The Morgan fingerprint density at radius 2 is 2.07 bits per heavy atom. The second-order valence-electron chi connectivity index (χ2n) is 7.64. The van der Waals surface area contributed by atoms with Crippen molar-refractivity contribution in [3.05, 3.63) is 29.8 Å². The zero-order chi connectivity index (χ0) is 19.6. The summed E-state index contributed by atoms with van der Waals surface area (Å²) in [6, 6.07) is 6.44. The van der Waals surface area contributed by atoms with E-state index in [0.717, 1.165) is 19.4 Å². The fourth-order valence-corrected chi connectivity index (χ4v) is 4.90. The van der Waals surface area contributed by atoms with Gasteiger partial charge >= 0.3 is 0 Å². The lowest BCUT2D eigenvalue weighted by molar-refractivity contribution is -0.134. The first-order valence-electron chi connectivity index (χ1n) is 9.48. The topological polar surface area (TPSA) is 90.9 Å². The summed E-state index contributed by atoms with van der Waals surface area (Å²) in [7, 11) is -1.70. The van der Waals surface area contributed by atoms with Crippen molar-refractivity contribution in [2.24, 2.45) is 10.9 Å². The second-order valence-corrected chi connectivity index (χ2v) is 9.29. The maximum absolute atomic E-state index is 13.2. The summed E-state index contributed by atoms with van der Waals surface area (Å²) in [5.74, 6) is 0.507. The Kier molecular flexibility index (Phi) is 7.47. The van der Waals surface area contributed by atoms with Gasteiger partial charge in [-0.3, -0.25) is 14.5 Å². The van der Waals surface area contributed by atoms with Crippen LogP contribution in [0, 0.1) is 5.92 Å². The molecule has 2 N–H and O–H groups in total. The minimum Gasteiger partial charge on any atom is -0.339 e. The van der Waals surface area contributed by atoms with Crippen molar-refractivity contribution >= 4 is 34.2 Å². The second kappa shape index (κ2) is 9.24. The smallest absolute Gasteiger partial charge is 0.263 e. The third-order valence-corrected chi connectivity index (χ3v) is 6.47. The number of piperidine rings is 1. The van der Waals surface area contributed by atoms with Gasteiger partial charge in [0.1, 0.15) is 11.9 Å². The highest BCUT2D eigenvalue weighted by Gasteiger charge is 2.34. The molecule has 156 valence electrons. The third kappa shape index (κ3) is 4.85. The number of carbonyl (C=O) groups is 1. The van der Waals surface area contributed by atoms with Crippen molar-refractivity contribution in [3.8, 4) is 0 Å². The summed E-state index contributed by atoms with van der Waals surface area (Å²) in [6.45, 7) is 5.47. The highest BCUT2D eigenvalue weighted by Crippen LogP contribution is 2.24. The van der Waals surface area contributed by atoms with Crippen LogP contribution < -0.4 is 10.0 Å². The summed E-state index contributed by atoms with van der Waals surface area (Å²) in [5.41, 5.74) is 0.533. The number of amidine groups is 1. The summed E-state index contributed by atoms with van der Waals surface area (Å²) in [4.78, 5) is 19.8. The number of nitrogens with one attached hydrogen (secondary N) is 2. The van der Waals surface area contributed by atoms with Gasteiger partial charge in [-0.25, -0.2) is 8.42 Å². The molecule has 1 saturated heterocycles. The van der Waals surface area contributed by atoms with E-state index in [2.05, 4.69) is 15.0 Å². The van der Waals surface area contributed by atoms with Gasteiger partial charge in [0.25, 0.3) is 10.0 Å². The number of fused-ring (bicyclic) bond motifs is 1. The molecule has 2 aliphatic rings. The molecular formula is C19H29ClN4O3S. The lowest BCUT2D eigenvalue weighted by Crippen LogP contribution is -2.50. The van der Waals surface area contributed by atoms with Gasteiger partial charge in [-0.05, 0) is 44.4 Å². The first-order chi connectivity index (χ1) is 12.8. The molecule has 2 heterocycles. The molecule has 2 aliphatic heterocycles. The first-order valence-corrected chi connectivity index (χ1v) is 11.0. The standard InChI is InChI=1S/C19H28N4O3S.ClH/c1-13(2)11-16(19(24)23-10-6-7-14(12-23)20-3)21-18-15-8-4-5-9-17(15)27(25,26)22-18;/h4-5,8-9,13-14,16,20H,6-7,10-12H2,1-3H3,(H,21,22);1H. The highest BCUT2D eigenvalue weighted by atomic mass is 35.5. The molecule has 1 amide bonds. The minimum atomic E-state index is -3.61. The summed E-state index contributed by atoms with van der Waals surface area (Å²) < 4.78 is 27.2. The molecule has 0 aliphatic carbocycles. The van der Waals surface area contributed by atoms with Gasteiger partial charge in [0, 0.05) is 24.7 Å². The molecule has 0 saturated carbocycles. The van der Waals surface area contributed by atoms with Crippen LogP contribution in [0.3, 0.4) is 0 Å². The van der Waals surface area contributed by atoms with Gasteiger partial charge in [-0.1, -0.05) is 26.0 Å². The van der Waals surface area contributed by atoms with E-state index in [4.69, 9.17) is 0 Å². The fraction of sp³-hybridized carbons (Fsp3) is 0.579. The van der Waals surface area contributed by atoms with Crippen molar-refractivity contribution in [3.63, 3.8) is 0 Å². The maximum Gasteiger partial charge on any atom is 0.263 e. The number of halogens is 1. The molecule has 3 rings (SSSR count). The molecular weight excluding hydrogens is 400 g/mol. The minimum absolute atomic E-state index is 0. The number of carbonyl (C=O) groups excluding carboxylic acids is 1. The molecule has 2 atom stereocenters. The largest absolute Gasteiger partial charge is 0.339 e. The van der Waals surface area contributed by atoms with Gasteiger partial charge < -0.3 is 10.2 Å². The number of benzene rings is 1. The average Bonchev–Trinajstić information content (AvgIpc) is 2.91. The zero-order valence-corrected chi connectivity index (χ0v) is 18.1. The number of hydrogen-bond donors (Lipinski definition) is 2. The van der Waals surface area contributed by atoms with Crippen LogP contribution in [0.1, 0.15) is 38.7 Å². The van der Waals surface area contributed by atoms with Crippen LogP contribution in [-0.2, 0) is 14.8 Å². The number of sulfonamides is 1. The summed E-state index contributed by atoms with van der Waals surface area (Å²) >= 11 is 0. The van der Waals surface area contributed by atoms with Crippen LogP contribution in [0.2, 0.25) is 0 Å². The van der Waals surface area contributed by atoms with Gasteiger partial charge in [0.15, 0.2) is 0 Å².